The number of primary amides is 1. The normalized spacial score (nSPS) is 11.9. The highest BCUT2D eigenvalue weighted by Gasteiger charge is 2.20. The van der Waals surface area contributed by atoms with Crippen LogP contribution in [0, 0.1) is 0 Å². The zero-order chi connectivity index (χ0) is 18.4. The van der Waals surface area contributed by atoms with E-state index in [0.717, 1.165) is 24.0 Å². The number of aryl methyl sites for hydroxylation is 1. The Kier molecular flexibility index (Phi) is 6.40. The van der Waals surface area contributed by atoms with Crippen LogP contribution in [0.4, 0.5) is 4.79 Å². The Labute approximate surface area is 149 Å². The second kappa shape index (κ2) is 8.52. The average molecular weight is 364 g/mol. The van der Waals surface area contributed by atoms with Crippen LogP contribution < -0.4 is 11.1 Å². The van der Waals surface area contributed by atoms with Crippen molar-refractivity contribution >= 4 is 40.7 Å². The number of nitrogens with two attached hydrogens (primary N) is 1. The van der Waals surface area contributed by atoms with Gasteiger partial charge in [-0.3, -0.25) is 14.9 Å². The van der Waals surface area contributed by atoms with E-state index >= 15 is 0 Å². The largest absolute Gasteiger partial charge is 0.452 e. The number of esters is 1. The third kappa shape index (κ3) is 4.96. The predicted molar refractivity (Wildman–Crippen MR) is 94.0 cm³/mol. The molecular weight excluding hydrogens is 344 g/mol. The summed E-state index contributed by atoms with van der Waals surface area (Å²) in [5.41, 5.74) is 6.72. The Morgan fingerprint density at radius 3 is 2.76 bits per heavy atom. The van der Waals surface area contributed by atoms with Crippen molar-refractivity contribution in [2.45, 2.75) is 38.1 Å². The first-order chi connectivity index (χ1) is 11.9. The highest BCUT2D eigenvalue weighted by molar-refractivity contribution is 7.99. The van der Waals surface area contributed by atoms with E-state index < -0.39 is 24.0 Å². The molecule has 25 heavy (non-hydrogen) atoms. The van der Waals surface area contributed by atoms with E-state index in [9.17, 15) is 14.4 Å². The van der Waals surface area contributed by atoms with Crippen LogP contribution in [-0.2, 0) is 20.9 Å². The van der Waals surface area contributed by atoms with Gasteiger partial charge in [0.15, 0.2) is 11.3 Å². The first-order valence-corrected chi connectivity index (χ1v) is 8.78. The zero-order valence-electron chi connectivity index (χ0n) is 14.0. The summed E-state index contributed by atoms with van der Waals surface area (Å²) in [6, 6.07) is 6.76. The Morgan fingerprint density at radius 2 is 2.08 bits per heavy atom. The molecule has 3 N–H and O–H groups in total. The van der Waals surface area contributed by atoms with E-state index in [1.807, 2.05) is 29.6 Å². The van der Waals surface area contributed by atoms with E-state index in [4.69, 9.17) is 10.5 Å². The SMILES string of the molecule is CCCn1c(SCC(=O)O[C@@H](C)C(=O)NC(N)=O)nc2ccccc21. The van der Waals surface area contributed by atoms with Gasteiger partial charge in [0.1, 0.15) is 0 Å². The number of rotatable bonds is 7. The minimum Gasteiger partial charge on any atom is -0.452 e. The monoisotopic (exact) mass is 364 g/mol. The summed E-state index contributed by atoms with van der Waals surface area (Å²) in [4.78, 5) is 38.6. The number of amides is 3. The number of nitrogens with one attached hydrogen (secondary N) is 1. The Bertz CT molecular complexity index is 790. The van der Waals surface area contributed by atoms with Crippen LogP contribution in [0.1, 0.15) is 20.3 Å². The van der Waals surface area contributed by atoms with Gasteiger partial charge in [-0.1, -0.05) is 30.8 Å². The number of imide groups is 1. The molecule has 0 aliphatic heterocycles. The number of para-hydroxylation sites is 2. The molecule has 8 nitrogen and oxygen atoms in total. The van der Waals surface area contributed by atoms with Gasteiger partial charge in [0.25, 0.3) is 5.91 Å². The number of nitrogens with zero attached hydrogens (tertiary/aromatic N) is 2. The van der Waals surface area contributed by atoms with Crippen LogP contribution in [0.25, 0.3) is 11.0 Å². The summed E-state index contributed by atoms with van der Waals surface area (Å²) in [6.07, 6.45) is -0.169. The van der Waals surface area contributed by atoms with Gasteiger partial charge in [-0.25, -0.2) is 9.78 Å². The highest BCUT2D eigenvalue weighted by atomic mass is 32.2. The van der Waals surface area contributed by atoms with Gasteiger partial charge in [0, 0.05) is 6.54 Å². The molecule has 0 radical (unpaired) electrons. The highest BCUT2D eigenvalue weighted by Crippen LogP contribution is 2.24. The second-order valence-corrected chi connectivity index (χ2v) is 6.25. The van der Waals surface area contributed by atoms with Crippen molar-refractivity contribution in [1.82, 2.24) is 14.9 Å². The lowest BCUT2D eigenvalue weighted by Gasteiger charge is -2.12. The number of hydrogen-bond acceptors (Lipinski definition) is 6. The van der Waals surface area contributed by atoms with Crippen molar-refractivity contribution in [3.05, 3.63) is 24.3 Å². The van der Waals surface area contributed by atoms with Crippen LogP contribution in [-0.4, -0.2) is 39.3 Å². The lowest BCUT2D eigenvalue weighted by Crippen LogP contribution is -2.42. The van der Waals surface area contributed by atoms with Gasteiger partial charge in [0.2, 0.25) is 0 Å². The fourth-order valence-corrected chi connectivity index (χ4v) is 3.06. The van der Waals surface area contributed by atoms with E-state index in [1.165, 1.54) is 18.7 Å². The summed E-state index contributed by atoms with van der Waals surface area (Å²) in [5.74, 6) is -1.34. The molecule has 3 amide bonds. The zero-order valence-corrected chi connectivity index (χ0v) is 14.8. The van der Waals surface area contributed by atoms with Gasteiger partial charge in [0.05, 0.1) is 16.8 Å². The Hall–Kier alpha value is -2.55. The Morgan fingerprint density at radius 1 is 1.36 bits per heavy atom. The number of aromatic nitrogens is 2. The number of imidazole rings is 1. The number of carbonyl (C=O) groups is 3. The van der Waals surface area contributed by atoms with Gasteiger partial charge in [-0.05, 0) is 25.5 Å². The summed E-state index contributed by atoms with van der Waals surface area (Å²) in [7, 11) is 0. The van der Waals surface area contributed by atoms with Crippen molar-refractivity contribution in [3.8, 4) is 0 Å². The minimum atomic E-state index is -1.10. The van der Waals surface area contributed by atoms with Crippen molar-refractivity contribution in [2.24, 2.45) is 5.73 Å². The van der Waals surface area contributed by atoms with Crippen molar-refractivity contribution in [2.75, 3.05) is 5.75 Å². The number of carbonyl (C=O) groups excluding carboxylic acids is 3. The first-order valence-electron chi connectivity index (χ1n) is 7.80. The molecule has 1 aromatic heterocycles. The van der Waals surface area contributed by atoms with Crippen LogP contribution in [0.3, 0.4) is 0 Å². The van der Waals surface area contributed by atoms with E-state index in [1.54, 1.807) is 0 Å². The maximum Gasteiger partial charge on any atom is 0.318 e. The molecule has 0 aliphatic rings. The number of hydrogen-bond donors (Lipinski definition) is 2. The van der Waals surface area contributed by atoms with Crippen LogP contribution in [0.15, 0.2) is 29.4 Å². The summed E-state index contributed by atoms with van der Waals surface area (Å²) in [6.45, 7) is 4.22. The van der Waals surface area contributed by atoms with Crippen molar-refractivity contribution in [3.63, 3.8) is 0 Å². The van der Waals surface area contributed by atoms with Crippen LogP contribution in [0.5, 0.6) is 0 Å². The molecule has 1 atom stereocenters. The maximum atomic E-state index is 11.9. The van der Waals surface area contributed by atoms with Gasteiger partial charge in [-0.15, -0.1) is 0 Å². The third-order valence-corrected chi connectivity index (χ3v) is 4.26. The summed E-state index contributed by atoms with van der Waals surface area (Å²) >= 11 is 1.24. The fourth-order valence-electron chi connectivity index (χ4n) is 2.23. The molecule has 0 fully saturated rings. The quantitative estimate of drug-likeness (QED) is 0.570. The molecule has 0 bridgehead atoms. The van der Waals surface area contributed by atoms with Crippen molar-refractivity contribution < 1.29 is 19.1 Å². The standard InChI is InChI=1S/C16H20N4O4S/c1-3-8-20-12-7-5-4-6-11(12)18-16(20)25-9-13(21)24-10(2)14(22)19-15(17)23/h4-7,10H,3,8-9H2,1-2H3,(H3,17,19,22,23)/t10-/m0/s1. The smallest absolute Gasteiger partial charge is 0.318 e. The molecule has 0 spiro atoms. The summed E-state index contributed by atoms with van der Waals surface area (Å²) < 4.78 is 7.04. The molecule has 0 unspecified atom stereocenters. The number of benzene rings is 1. The van der Waals surface area contributed by atoms with Gasteiger partial charge in [-0.2, -0.15) is 0 Å². The fraction of sp³-hybridized carbons (Fsp3) is 0.375. The number of ether oxygens (including phenoxy) is 1. The average Bonchev–Trinajstić information content (AvgIpc) is 2.90. The molecule has 0 aliphatic carbocycles. The van der Waals surface area contributed by atoms with Crippen molar-refractivity contribution in [1.29, 1.82) is 0 Å². The minimum absolute atomic E-state index is 0.00122. The van der Waals surface area contributed by atoms with Crippen LogP contribution in [0.2, 0.25) is 0 Å². The maximum absolute atomic E-state index is 11.9. The molecule has 0 saturated carbocycles. The molecule has 0 saturated heterocycles. The lowest BCUT2D eigenvalue weighted by molar-refractivity contribution is -0.151. The third-order valence-electron chi connectivity index (χ3n) is 3.31. The molecular formula is C16H20N4O4S. The van der Waals surface area contributed by atoms with Crippen LogP contribution >= 0.6 is 11.8 Å². The molecule has 1 heterocycles. The van der Waals surface area contributed by atoms with Gasteiger partial charge < -0.3 is 15.0 Å². The Balaban J connectivity index is 2.00. The number of urea groups is 1. The molecule has 1 aromatic carbocycles. The number of fused-ring (bicyclic) bond motifs is 1. The molecule has 134 valence electrons. The lowest BCUT2D eigenvalue weighted by atomic mass is 10.3. The van der Waals surface area contributed by atoms with E-state index in [0.29, 0.717) is 5.16 Å². The second-order valence-electron chi connectivity index (χ2n) is 5.31. The van der Waals surface area contributed by atoms with Gasteiger partial charge >= 0.3 is 12.0 Å². The van der Waals surface area contributed by atoms with E-state index in [2.05, 4.69) is 16.5 Å². The molecule has 2 rings (SSSR count). The number of thioether (sulfide) groups is 1. The topological polar surface area (TPSA) is 116 Å². The predicted octanol–water partition coefficient (Wildman–Crippen LogP) is 1.66. The molecule has 2 aromatic rings. The summed E-state index contributed by atoms with van der Waals surface area (Å²) in [5, 5.41) is 2.58. The molecule has 9 heteroatoms. The first kappa shape index (κ1) is 18.8. The van der Waals surface area contributed by atoms with E-state index in [-0.39, 0.29) is 5.75 Å².